The molecule has 0 aliphatic carbocycles. The van der Waals surface area contributed by atoms with Gasteiger partial charge in [0.25, 0.3) is 0 Å². The summed E-state index contributed by atoms with van der Waals surface area (Å²) < 4.78 is 0. The molecule has 0 amide bonds. The quantitative estimate of drug-likeness (QED) is 0.186. The summed E-state index contributed by atoms with van der Waals surface area (Å²) in [6, 6.07) is 0. The summed E-state index contributed by atoms with van der Waals surface area (Å²) in [7, 11) is -1.22. The summed E-state index contributed by atoms with van der Waals surface area (Å²) in [4.78, 5) is 26.5. The van der Waals surface area contributed by atoms with E-state index in [-0.39, 0.29) is 5.96 Å². The molecule has 0 aromatic heterocycles. The Morgan fingerprint density at radius 2 is 1.80 bits per heavy atom. The number of nitrogens with zero attached hydrogens (tertiary/aromatic N) is 1. The van der Waals surface area contributed by atoms with E-state index in [0.29, 0.717) is 0 Å². The van der Waals surface area contributed by atoms with E-state index in [0.717, 1.165) is 0 Å². The molecule has 0 rings (SSSR count). The van der Waals surface area contributed by atoms with Crippen LogP contribution in [0.3, 0.4) is 0 Å². The van der Waals surface area contributed by atoms with Gasteiger partial charge in [-0.15, -0.1) is 0 Å². The monoisotopic (exact) mass is 169 g/mol. The third-order valence-corrected chi connectivity index (χ3v) is 1.31. The molecule has 0 aliphatic rings. The van der Waals surface area contributed by atoms with Crippen LogP contribution in [0.2, 0.25) is 0 Å². The van der Waals surface area contributed by atoms with Crippen molar-refractivity contribution in [1.82, 2.24) is 9.99 Å². The molecule has 0 heterocycles. The zero-order chi connectivity index (χ0) is 8.36. The van der Waals surface area contributed by atoms with Crippen LogP contribution in [-0.2, 0) is 0 Å². The Kier molecular flexibility index (Phi) is 2.98. The summed E-state index contributed by atoms with van der Waals surface area (Å²) in [5.74, 6) is -0.237. The third kappa shape index (κ3) is 4.46. The minimum absolute atomic E-state index is 0.237. The van der Waals surface area contributed by atoms with Gasteiger partial charge in [0, 0.05) is 0 Å². The van der Waals surface area contributed by atoms with Crippen molar-refractivity contribution in [2.45, 2.75) is 0 Å². The zero-order valence-corrected chi connectivity index (χ0v) is 6.79. The van der Waals surface area contributed by atoms with Gasteiger partial charge < -0.3 is 0 Å². The fourth-order valence-corrected chi connectivity index (χ4v) is 0.812. The molecule has 0 atom stereocenters. The van der Waals surface area contributed by atoms with Crippen LogP contribution in [0.1, 0.15) is 0 Å². The molecule has 0 saturated carbocycles. The van der Waals surface area contributed by atoms with E-state index >= 15 is 0 Å². The van der Waals surface area contributed by atoms with Crippen LogP contribution in [0.5, 0.6) is 0 Å². The Morgan fingerprint density at radius 1 is 1.40 bits per heavy atom. The Labute approximate surface area is 59.2 Å². The van der Waals surface area contributed by atoms with Crippen molar-refractivity contribution in [3.8, 4) is 0 Å². The molecule has 0 spiro atoms. The summed E-state index contributed by atoms with van der Waals surface area (Å²) >= 11 is 0. The van der Waals surface area contributed by atoms with Crippen molar-refractivity contribution in [3.05, 3.63) is 0 Å². The van der Waals surface area contributed by atoms with Crippen LogP contribution in [0.4, 0.5) is 0 Å². The first-order valence-electron chi connectivity index (χ1n) is 2.54. The zero-order valence-electron chi connectivity index (χ0n) is 5.79. The molecule has 10 heavy (non-hydrogen) atoms. The molecule has 7 heteroatoms. The van der Waals surface area contributed by atoms with E-state index < -0.39 is 8.09 Å². The van der Waals surface area contributed by atoms with E-state index in [4.69, 9.17) is 20.1 Å². The maximum atomic E-state index is 8.41. The number of rotatable bonds is 1. The number of guanidine groups is 1. The number of hydrogen-bond donors (Lipinski definition) is 5. The van der Waals surface area contributed by atoms with Gasteiger partial charge in [-0.3, -0.25) is 0 Å². The van der Waals surface area contributed by atoms with Crippen LogP contribution in [0, 0.1) is 5.41 Å². The van der Waals surface area contributed by atoms with E-state index in [1.807, 2.05) is 5.09 Å². The van der Waals surface area contributed by atoms with E-state index in [9.17, 15) is 0 Å². The van der Waals surface area contributed by atoms with Crippen molar-refractivity contribution in [3.63, 3.8) is 0 Å². The summed E-state index contributed by atoms with van der Waals surface area (Å²) in [6.45, 7) is 0. The number of nitrogens with one attached hydrogen (secondary N) is 2. The average molecular weight is 169 g/mol. The molecule has 0 radical (unpaired) electrons. The van der Waals surface area contributed by atoms with Crippen LogP contribution >= 0.6 is 8.09 Å². The van der Waals surface area contributed by atoms with Crippen molar-refractivity contribution < 1.29 is 14.7 Å². The Bertz CT molecular complexity index is 131. The van der Waals surface area contributed by atoms with Gasteiger partial charge in [0.05, 0.1) is 0 Å². The summed E-state index contributed by atoms with van der Waals surface area (Å²) in [6.07, 6.45) is 0. The summed E-state index contributed by atoms with van der Waals surface area (Å²) in [5, 5.41) is 8.80. The van der Waals surface area contributed by atoms with Gasteiger partial charge >= 0.3 is 58.2 Å². The van der Waals surface area contributed by atoms with Crippen LogP contribution in [0.15, 0.2) is 0 Å². The second-order valence-electron chi connectivity index (χ2n) is 2.00. The molecular weight excluding hydrogens is 157 g/mol. The molecule has 0 saturated heterocycles. The fourth-order valence-electron chi connectivity index (χ4n) is 0.271. The molecule has 0 bridgehead atoms. The van der Waals surface area contributed by atoms with Gasteiger partial charge in [-0.05, 0) is 0 Å². The van der Waals surface area contributed by atoms with Gasteiger partial charge in [-0.2, -0.15) is 0 Å². The van der Waals surface area contributed by atoms with Crippen LogP contribution < -0.4 is 5.09 Å². The van der Waals surface area contributed by atoms with E-state index in [2.05, 4.69) is 0 Å². The first kappa shape index (κ1) is 9.58. The molecule has 0 aromatic carbocycles. The van der Waals surface area contributed by atoms with Crippen molar-refractivity contribution >= 4 is 14.1 Å². The van der Waals surface area contributed by atoms with Crippen molar-refractivity contribution in [1.29, 1.82) is 5.41 Å². The molecule has 0 fully saturated rings. The van der Waals surface area contributed by atoms with Gasteiger partial charge in [0.2, 0.25) is 0 Å². The van der Waals surface area contributed by atoms with E-state index in [1.54, 1.807) is 0 Å². The standard InChI is InChI=1S/C3H12N3O3P/c1-6(2)3(4)5-10(7,8)9/h7-10H,1-2H3,(H2,4,5). The Balaban J connectivity index is 3.81. The second kappa shape index (κ2) is 3.12. The third-order valence-electron chi connectivity index (χ3n) is 0.733. The molecule has 6 nitrogen and oxygen atoms in total. The van der Waals surface area contributed by atoms with Crippen LogP contribution in [0.25, 0.3) is 0 Å². The average Bonchev–Trinajstić information content (AvgIpc) is 1.60. The summed E-state index contributed by atoms with van der Waals surface area (Å²) in [5.41, 5.74) is 0. The number of hydrogen-bond acceptors (Lipinski definition) is 4. The predicted molar refractivity (Wildman–Crippen MR) is 39.5 cm³/mol. The maximum absolute atomic E-state index is 8.41. The molecule has 0 aromatic rings. The van der Waals surface area contributed by atoms with Crippen LogP contribution in [-0.4, -0.2) is 39.6 Å². The Hall–Kier alpha value is -0.420. The van der Waals surface area contributed by atoms with Gasteiger partial charge in [-0.1, -0.05) is 0 Å². The van der Waals surface area contributed by atoms with Crippen molar-refractivity contribution in [2.24, 2.45) is 0 Å². The molecule has 0 aliphatic heterocycles. The van der Waals surface area contributed by atoms with Crippen molar-refractivity contribution in [2.75, 3.05) is 14.1 Å². The van der Waals surface area contributed by atoms with Gasteiger partial charge in [0.15, 0.2) is 0 Å². The molecule has 5 N–H and O–H groups in total. The Morgan fingerprint density at radius 3 is 1.90 bits per heavy atom. The predicted octanol–water partition coefficient (Wildman–Crippen LogP) is -1.54. The normalized spacial score (nSPS) is 12.5. The van der Waals surface area contributed by atoms with Gasteiger partial charge in [-0.25, -0.2) is 0 Å². The first-order chi connectivity index (χ1) is 4.33. The molecule has 62 valence electrons. The second-order valence-corrected chi connectivity index (χ2v) is 3.52. The molecular formula is C3H12N3O3P. The fraction of sp³-hybridized carbons (Fsp3) is 0.667. The topological polar surface area (TPSA) is 99.8 Å². The van der Waals surface area contributed by atoms with E-state index in [1.165, 1.54) is 19.0 Å². The molecule has 0 unspecified atom stereocenters. The minimum atomic E-state index is -4.30. The first-order valence-corrected chi connectivity index (χ1v) is 4.38. The van der Waals surface area contributed by atoms with Gasteiger partial charge in [0.1, 0.15) is 0 Å². The SMILES string of the molecule is CN(C)C(=N)N[PH](O)(O)O.